The molecule has 178 valence electrons. The van der Waals surface area contributed by atoms with Crippen molar-refractivity contribution in [3.63, 3.8) is 0 Å². The highest BCUT2D eigenvalue weighted by molar-refractivity contribution is 7.89. The van der Waals surface area contributed by atoms with E-state index in [-0.39, 0.29) is 23.0 Å². The van der Waals surface area contributed by atoms with Crippen LogP contribution in [-0.2, 0) is 26.1 Å². The summed E-state index contributed by atoms with van der Waals surface area (Å²) in [7, 11) is -3.94. The summed E-state index contributed by atoms with van der Waals surface area (Å²) in [5, 5.41) is 13.0. The van der Waals surface area contributed by atoms with Crippen molar-refractivity contribution in [3.05, 3.63) is 59.7 Å². The first-order valence-electron chi connectivity index (χ1n) is 11.0. The molecule has 0 bridgehead atoms. The second kappa shape index (κ2) is 10.8. The maximum atomic E-state index is 12.6. The first kappa shape index (κ1) is 24.7. The summed E-state index contributed by atoms with van der Waals surface area (Å²) in [6, 6.07) is 12.3. The summed E-state index contributed by atoms with van der Waals surface area (Å²) < 4.78 is 32.8. The molecule has 0 aliphatic heterocycles. The van der Waals surface area contributed by atoms with Crippen LogP contribution in [-0.4, -0.2) is 38.0 Å². The summed E-state index contributed by atoms with van der Waals surface area (Å²) in [6.45, 7) is 3.80. The van der Waals surface area contributed by atoms with Gasteiger partial charge in [0, 0.05) is 12.6 Å². The molecule has 0 unspecified atom stereocenters. The normalized spacial score (nSPS) is 20.7. The topological polar surface area (TPSA) is 122 Å². The molecule has 0 saturated heterocycles. The Morgan fingerprint density at radius 3 is 2.55 bits per heavy atom. The van der Waals surface area contributed by atoms with E-state index >= 15 is 0 Å². The summed E-state index contributed by atoms with van der Waals surface area (Å²) in [5.74, 6) is -1.01. The van der Waals surface area contributed by atoms with E-state index in [4.69, 9.17) is 4.74 Å². The number of rotatable bonds is 8. The molecule has 0 radical (unpaired) electrons. The zero-order valence-corrected chi connectivity index (χ0v) is 19.6. The molecule has 1 aliphatic rings. The van der Waals surface area contributed by atoms with Crippen LogP contribution in [0.25, 0.3) is 0 Å². The number of nitrogens with one attached hydrogen (secondary N) is 2. The van der Waals surface area contributed by atoms with Gasteiger partial charge in [0.15, 0.2) is 6.61 Å². The standard InChI is InChI=1S/C24H30N2O6S/c1-16-7-6-10-21(17(16)2)26-23(28)15-32-24(29)20-13-19(11-12-22(20)27)33(30,31)25-14-18-8-4-3-5-9-18/h3-5,8-9,11-13,16-17,21,25,27H,6-7,10,14-15H2,1-2H3,(H,26,28)/t16-,17-,21+/m1/s1. The Morgan fingerprint density at radius 2 is 1.82 bits per heavy atom. The fraction of sp³-hybridized carbons (Fsp3) is 0.417. The molecular weight excluding hydrogens is 444 g/mol. The average molecular weight is 475 g/mol. The highest BCUT2D eigenvalue weighted by Crippen LogP contribution is 2.29. The van der Waals surface area contributed by atoms with E-state index in [2.05, 4.69) is 23.9 Å². The predicted octanol–water partition coefficient (Wildman–Crippen LogP) is 2.97. The Kier molecular flexibility index (Phi) is 8.10. The zero-order valence-electron chi connectivity index (χ0n) is 18.8. The highest BCUT2D eigenvalue weighted by Gasteiger charge is 2.28. The van der Waals surface area contributed by atoms with Gasteiger partial charge < -0.3 is 15.2 Å². The van der Waals surface area contributed by atoms with E-state index in [0.29, 0.717) is 11.8 Å². The number of hydrogen-bond acceptors (Lipinski definition) is 6. The molecule has 0 aromatic heterocycles. The number of aromatic hydroxyl groups is 1. The number of carbonyl (C=O) groups excluding carboxylic acids is 2. The van der Waals surface area contributed by atoms with E-state index in [9.17, 15) is 23.1 Å². The third-order valence-corrected chi connectivity index (χ3v) is 7.59. The van der Waals surface area contributed by atoms with Gasteiger partial charge in [-0.05, 0) is 42.0 Å². The molecule has 1 saturated carbocycles. The van der Waals surface area contributed by atoms with Gasteiger partial charge in [0.2, 0.25) is 10.0 Å². The minimum Gasteiger partial charge on any atom is -0.507 e. The van der Waals surface area contributed by atoms with Crippen molar-refractivity contribution < 1.29 is 27.9 Å². The lowest BCUT2D eigenvalue weighted by atomic mass is 9.78. The largest absolute Gasteiger partial charge is 0.507 e. The fourth-order valence-corrected chi connectivity index (χ4v) is 4.99. The Bertz CT molecular complexity index is 1090. The van der Waals surface area contributed by atoms with Gasteiger partial charge in [-0.1, -0.05) is 57.0 Å². The third-order valence-electron chi connectivity index (χ3n) is 6.19. The zero-order chi connectivity index (χ0) is 24.0. The summed E-state index contributed by atoms with van der Waals surface area (Å²) in [4.78, 5) is 24.5. The minimum atomic E-state index is -3.94. The van der Waals surface area contributed by atoms with Gasteiger partial charge in [0.25, 0.3) is 5.91 Å². The van der Waals surface area contributed by atoms with Crippen LogP contribution in [0, 0.1) is 11.8 Å². The highest BCUT2D eigenvalue weighted by atomic mass is 32.2. The molecule has 3 rings (SSSR count). The van der Waals surface area contributed by atoms with Crippen LogP contribution in [0.1, 0.15) is 49.0 Å². The Hall–Kier alpha value is -2.91. The number of phenols is 1. The van der Waals surface area contributed by atoms with Crippen LogP contribution in [0.5, 0.6) is 5.75 Å². The van der Waals surface area contributed by atoms with E-state index in [0.717, 1.165) is 37.0 Å². The first-order chi connectivity index (χ1) is 15.7. The van der Waals surface area contributed by atoms with Crippen LogP contribution in [0.2, 0.25) is 0 Å². The van der Waals surface area contributed by atoms with Crippen molar-refractivity contribution >= 4 is 21.9 Å². The maximum Gasteiger partial charge on any atom is 0.342 e. The summed E-state index contributed by atoms with van der Waals surface area (Å²) in [6.07, 6.45) is 3.03. The number of benzene rings is 2. The van der Waals surface area contributed by atoms with Gasteiger partial charge in [-0.25, -0.2) is 17.9 Å². The smallest absolute Gasteiger partial charge is 0.342 e. The molecule has 33 heavy (non-hydrogen) atoms. The van der Waals surface area contributed by atoms with Crippen LogP contribution in [0.3, 0.4) is 0 Å². The number of hydrogen-bond donors (Lipinski definition) is 3. The molecule has 1 fully saturated rings. The molecule has 3 N–H and O–H groups in total. The summed E-state index contributed by atoms with van der Waals surface area (Å²) in [5.41, 5.74) is 0.442. The maximum absolute atomic E-state index is 12.6. The van der Waals surface area contributed by atoms with Crippen LogP contribution in [0.15, 0.2) is 53.4 Å². The van der Waals surface area contributed by atoms with Crippen molar-refractivity contribution in [1.82, 2.24) is 10.0 Å². The lowest BCUT2D eigenvalue weighted by molar-refractivity contribution is -0.125. The monoisotopic (exact) mass is 474 g/mol. The van der Waals surface area contributed by atoms with Gasteiger partial charge in [-0.2, -0.15) is 0 Å². The van der Waals surface area contributed by atoms with Crippen molar-refractivity contribution in [2.75, 3.05) is 6.61 Å². The fourth-order valence-electron chi connectivity index (χ4n) is 3.95. The molecule has 2 aromatic rings. The number of amides is 1. The first-order valence-corrected chi connectivity index (χ1v) is 12.5. The predicted molar refractivity (Wildman–Crippen MR) is 123 cm³/mol. The third kappa shape index (κ3) is 6.55. The number of ether oxygens (including phenoxy) is 1. The number of phenolic OH excluding ortho intramolecular Hbond substituents is 1. The van der Waals surface area contributed by atoms with Crippen LogP contribution >= 0.6 is 0 Å². The van der Waals surface area contributed by atoms with E-state index in [1.807, 2.05) is 6.07 Å². The molecule has 9 heteroatoms. The molecule has 0 spiro atoms. The Morgan fingerprint density at radius 1 is 1.09 bits per heavy atom. The van der Waals surface area contributed by atoms with Crippen molar-refractivity contribution in [2.24, 2.45) is 11.8 Å². The van der Waals surface area contributed by atoms with E-state index in [1.165, 1.54) is 6.07 Å². The van der Waals surface area contributed by atoms with Gasteiger partial charge in [-0.3, -0.25) is 4.79 Å². The van der Waals surface area contributed by atoms with Gasteiger partial charge in [0.1, 0.15) is 11.3 Å². The second-order valence-electron chi connectivity index (χ2n) is 8.51. The minimum absolute atomic E-state index is 0.0255. The van der Waals surface area contributed by atoms with Gasteiger partial charge in [-0.15, -0.1) is 0 Å². The quantitative estimate of drug-likeness (QED) is 0.506. The molecule has 1 amide bonds. The van der Waals surface area contributed by atoms with Gasteiger partial charge in [0.05, 0.1) is 4.90 Å². The molecule has 3 atom stereocenters. The van der Waals surface area contributed by atoms with E-state index in [1.54, 1.807) is 24.3 Å². The van der Waals surface area contributed by atoms with Crippen LogP contribution < -0.4 is 10.0 Å². The number of esters is 1. The Balaban J connectivity index is 1.61. The Labute approximate surface area is 194 Å². The lowest BCUT2D eigenvalue weighted by Crippen LogP contribution is -2.45. The SMILES string of the molecule is C[C@@H]1[C@H](C)CCC[C@@H]1NC(=O)COC(=O)c1cc(S(=O)(=O)NCc2ccccc2)ccc1O. The average Bonchev–Trinajstić information content (AvgIpc) is 2.80. The number of sulfonamides is 1. The summed E-state index contributed by atoms with van der Waals surface area (Å²) >= 11 is 0. The molecule has 8 nitrogen and oxygen atoms in total. The molecular formula is C24H30N2O6S. The molecule has 0 heterocycles. The molecule has 2 aromatic carbocycles. The number of carbonyl (C=O) groups is 2. The van der Waals surface area contributed by atoms with E-state index < -0.39 is 34.3 Å². The second-order valence-corrected chi connectivity index (χ2v) is 10.3. The van der Waals surface area contributed by atoms with Gasteiger partial charge >= 0.3 is 5.97 Å². The van der Waals surface area contributed by atoms with Crippen molar-refractivity contribution in [1.29, 1.82) is 0 Å². The molecule has 1 aliphatic carbocycles. The lowest BCUT2D eigenvalue weighted by Gasteiger charge is -2.34. The van der Waals surface area contributed by atoms with Crippen LogP contribution in [0.4, 0.5) is 0 Å². The van der Waals surface area contributed by atoms with Crippen molar-refractivity contribution in [2.45, 2.75) is 50.6 Å². The van der Waals surface area contributed by atoms with Crippen molar-refractivity contribution in [3.8, 4) is 5.75 Å².